The highest BCUT2D eigenvalue weighted by atomic mass is 35.5. The number of nitrogens with zero attached hydrogens (tertiary/aromatic N) is 1. The van der Waals surface area contributed by atoms with Crippen LogP contribution in [-0.2, 0) is 6.54 Å². The molecule has 0 amide bonds. The lowest BCUT2D eigenvalue weighted by molar-refractivity contribution is 0.414. The fourth-order valence-electron chi connectivity index (χ4n) is 2.28. The van der Waals surface area contributed by atoms with Crippen LogP contribution in [0.2, 0.25) is 5.02 Å². The van der Waals surface area contributed by atoms with Gasteiger partial charge in [-0.1, -0.05) is 30.7 Å². The van der Waals surface area contributed by atoms with Gasteiger partial charge in [0.15, 0.2) is 0 Å². The van der Waals surface area contributed by atoms with Crippen LogP contribution in [0.1, 0.15) is 25.8 Å². The quantitative estimate of drug-likeness (QED) is 0.731. The van der Waals surface area contributed by atoms with Crippen molar-refractivity contribution in [2.24, 2.45) is 0 Å². The van der Waals surface area contributed by atoms with Crippen LogP contribution in [0.15, 0.2) is 48.5 Å². The molecule has 0 spiro atoms. The van der Waals surface area contributed by atoms with E-state index in [-0.39, 0.29) is 0 Å². The molecule has 0 heterocycles. The third-order valence-electron chi connectivity index (χ3n) is 3.79. The van der Waals surface area contributed by atoms with Gasteiger partial charge in [0.2, 0.25) is 0 Å². The normalized spacial score (nSPS) is 12.0. The van der Waals surface area contributed by atoms with Crippen molar-refractivity contribution in [3.8, 4) is 5.75 Å². The van der Waals surface area contributed by atoms with Crippen LogP contribution >= 0.6 is 11.6 Å². The zero-order valence-electron chi connectivity index (χ0n) is 12.8. The molecule has 0 saturated heterocycles. The molecule has 0 aliphatic rings. The summed E-state index contributed by atoms with van der Waals surface area (Å²) in [5, 5.41) is 0.776. The van der Waals surface area contributed by atoms with Gasteiger partial charge >= 0.3 is 0 Å². The van der Waals surface area contributed by atoms with Crippen LogP contribution in [0, 0.1) is 0 Å². The summed E-state index contributed by atoms with van der Waals surface area (Å²) in [6.45, 7) is 5.34. The Morgan fingerprint density at radius 2 is 1.67 bits per heavy atom. The Morgan fingerprint density at radius 1 is 1.05 bits per heavy atom. The highest BCUT2D eigenvalue weighted by molar-refractivity contribution is 6.30. The summed E-state index contributed by atoms with van der Waals surface area (Å²) in [4.78, 5) is 2.41. The summed E-state index contributed by atoms with van der Waals surface area (Å²) >= 11 is 5.96. The Morgan fingerprint density at radius 3 is 2.19 bits per heavy atom. The summed E-state index contributed by atoms with van der Waals surface area (Å²) in [5.74, 6) is 0.884. The van der Waals surface area contributed by atoms with Gasteiger partial charge in [0.05, 0.1) is 7.11 Å². The lowest BCUT2D eigenvalue weighted by atomic mass is 10.1. The van der Waals surface area contributed by atoms with E-state index in [4.69, 9.17) is 16.3 Å². The first-order valence-corrected chi connectivity index (χ1v) is 7.67. The van der Waals surface area contributed by atoms with Crippen molar-refractivity contribution in [2.75, 3.05) is 12.0 Å². The minimum Gasteiger partial charge on any atom is -0.497 e. The van der Waals surface area contributed by atoms with E-state index in [0.29, 0.717) is 6.04 Å². The van der Waals surface area contributed by atoms with E-state index in [9.17, 15) is 0 Å². The topological polar surface area (TPSA) is 12.5 Å². The third kappa shape index (κ3) is 4.15. The fraction of sp³-hybridized carbons (Fsp3) is 0.333. The first-order chi connectivity index (χ1) is 10.1. The van der Waals surface area contributed by atoms with E-state index in [1.807, 2.05) is 24.3 Å². The Hall–Kier alpha value is -1.67. The van der Waals surface area contributed by atoms with Crippen molar-refractivity contribution in [3.63, 3.8) is 0 Å². The molecule has 1 unspecified atom stereocenters. The largest absolute Gasteiger partial charge is 0.497 e. The average Bonchev–Trinajstić information content (AvgIpc) is 2.54. The van der Waals surface area contributed by atoms with Crippen molar-refractivity contribution >= 4 is 17.3 Å². The lowest BCUT2D eigenvalue weighted by Crippen LogP contribution is -2.31. The first-order valence-electron chi connectivity index (χ1n) is 7.29. The van der Waals surface area contributed by atoms with Gasteiger partial charge in [-0.3, -0.25) is 0 Å². The summed E-state index contributed by atoms with van der Waals surface area (Å²) < 4.78 is 5.23. The van der Waals surface area contributed by atoms with E-state index in [2.05, 4.69) is 43.0 Å². The molecule has 0 fully saturated rings. The van der Waals surface area contributed by atoms with Crippen molar-refractivity contribution < 1.29 is 4.74 Å². The smallest absolute Gasteiger partial charge is 0.119 e. The van der Waals surface area contributed by atoms with Gasteiger partial charge in [-0.15, -0.1) is 0 Å². The van der Waals surface area contributed by atoms with Crippen LogP contribution in [0.25, 0.3) is 0 Å². The molecule has 2 rings (SSSR count). The van der Waals surface area contributed by atoms with Crippen molar-refractivity contribution in [1.82, 2.24) is 0 Å². The third-order valence-corrected chi connectivity index (χ3v) is 4.05. The van der Waals surface area contributed by atoms with Crippen LogP contribution in [0.3, 0.4) is 0 Å². The van der Waals surface area contributed by atoms with Gasteiger partial charge in [0, 0.05) is 23.3 Å². The molecular formula is C18H22ClNO. The minimum atomic E-state index is 0.467. The predicted molar refractivity (Wildman–Crippen MR) is 90.4 cm³/mol. The maximum absolute atomic E-state index is 5.96. The summed E-state index contributed by atoms with van der Waals surface area (Å²) in [5.41, 5.74) is 2.47. The highest BCUT2D eigenvalue weighted by Gasteiger charge is 2.13. The highest BCUT2D eigenvalue weighted by Crippen LogP contribution is 2.24. The molecule has 1 atom stereocenters. The van der Waals surface area contributed by atoms with Gasteiger partial charge in [-0.2, -0.15) is 0 Å². The molecule has 0 aliphatic heterocycles. The van der Waals surface area contributed by atoms with Crippen LogP contribution < -0.4 is 9.64 Å². The Bertz CT molecular complexity index is 550. The van der Waals surface area contributed by atoms with Gasteiger partial charge in [-0.25, -0.2) is 0 Å². The lowest BCUT2D eigenvalue weighted by Gasteiger charge is -2.31. The Labute approximate surface area is 132 Å². The molecule has 112 valence electrons. The van der Waals surface area contributed by atoms with Crippen molar-refractivity contribution in [2.45, 2.75) is 32.9 Å². The zero-order chi connectivity index (χ0) is 15.2. The van der Waals surface area contributed by atoms with Crippen LogP contribution in [0.5, 0.6) is 5.75 Å². The van der Waals surface area contributed by atoms with Gasteiger partial charge < -0.3 is 9.64 Å². The zero-order valence-corrected chi connectivity index (χ0v) is 13.6. The average molecular weight is 304 g/mol. The molecule has 3 heteroatoms. The molecule has 0 N–H and O–H groups in total. The number of hydrogen-bond donors (Lipinski definition) is 0. The number of ether oxygens (including phenoxy) is 1. The summed E-state index contributed by atoms with van der Waals surface area (Å²) in [7, 11) is 1.69. The van der Waals surface area contributed by atoms with Crippen LogP contribution in [-0.4, -0.2) is 13.2 Å². The Balaban J connectivity index is 2.22. The van der Waals surface area contributed by atoms with E-state index in [0.717, 1.165) is 23.7 Å². The number of halogens is 1. The molecule has 21 heavy (non-hydrogen) atoms. The van der Waals surface area contributed by atoms with E-state index >= 15 is 0 Å². The monoisotopic (exact) mass is 303 g/mol. The van der Waals surface area contributed by atoms with Crippen molar-refractivity contribution in [3.05, 3.63) is 59.1 Å². The van der Waals surface area contributed by atoms with Crippen LogP contribution in [0.4, 0.5) is 5.69 Å². The number of methoxy groups -OCH3 is 1. The first kappa shape index (κ1) is 15.7. The number of anilines is 1. The standard InChI is InChI=1S/C18H22ClNO/c1-4-14(2)20(13-15-5-7-16(19)8-6-15)17-9-11-18(21-3)12-10-17/h5-12,14H,4,13H2,1-3H3. The predicted octanol–water partition coefficient (Wildman–Crippen LogP) is 5.15. The van der Waals surface area contributed by atoms with Gasteiger partial charge in [0.1, 0.15) is 5.75 Å². The van der Waals surface area contributed by atoms with Gasteiger partial charge in [0.25, 0.3) is 0 Å². The van der Waals surface area contributed by atoms with E-state index < -0.39 is 0 Å². The molecule has 0 radical (unpaired) electrons. The number of rotatable bonds is 6. The van der Waals surface area contributed by atoms with Gasteiger partial charge in [-0.05, 0) is 55.3 Å². The second-order valence-corrected chi connectivity index (χ2v) is 5.65. The summed E-state index contributed by atoms with van der Waals surface area (Å²) in [6, 6.07) is 16.8. The van der Waals surface area contributed by atoms with E-state index in [1.54, 1.807) is 7.11 Å². The molecule has 0 bridgehead atoms. The van der Waals surface area contributed by atoms with Crippen molar-refractivity contribution in [1.29, 1.82) is 0 Å². The number of hydrogen-bond acceptors (Lipinski definition) is 2. The Kier molecular flexibility index (Phi) is 5.51. The molecular weight excluding hydrogens is 282 g/mol. The fourth-order valence-corrected chi connectivity index (χ4v) is 2.41. The maximum Gasteiger partial charge on any atom is 0.119 e. The minimum absolute atomic E-state index is 0.467. The molecule has 0 aromatic heterocycles. The molecule has 2 aromatic rings. The molecule has 0 saturated carbocycles. The molecule has 2 nitrogen and oxygen atoms in total. The second kappa shape index (κ2) is 7.37. The van der Waals surface area contributed by atoms with E-state index in [1.165, 1.54) is 11.3 Å². The summed E-state index contributed by atoms with van der Waals surface area (Å²) in [6.07, 6.45) is 1.10. The number of benzene rings is 2. The SMILES string of the molecule is CCC(C)N(Cc1ccc(Cl)cc1)c1ccc(OC)cc1. The maximum atomic E-state index is 5.96. The molecule has 2 aromatic carbocycles. The second-order valence-electron chi connectivity index (χ2n) is 5.21. The molecule has 0 aliphatic carbocycles.